The van der Waals surface area contributed by atoms with E-state index in [-0.39, 0.29) is 16.9 Å². The number of amides is 1. The summed E-state index contributed by atoms with van der Waals surface area (Å²) < 4.78 is 5.83. The van der Waals surface area contributed by atoms with E-state index in [9.17, 15) is 15.2 Å². The average Bonchev–Trinajstić information content (AvgIpc) is 2.87. The molecule has 3 rings (SSSR count). The molecule has 0 unspecified atom stereocenters. The van der Waals surface area contributed by atoms with Crippen LogP contribution in [0.2, 0.25) is 0 Å². The van der Waals surface area contributed by atoms with Gasteiger partial charge in [-0.05, 0) is 67.4 Å². The standard InChI is InChI=1S/C20H18N2O3/c1-20(2)11-14-9-13(3-8-18(14)25-20)10-15(12-21)19(24)22-16-4-6-17(23)7-5-16/h3-10,23H,11H2,1-2H3,(H,22,24)/b15-10+. The van der Waals surface area contributed by atoms with Gasteiger partial charge in [0.15, 0.2) is 0 Å². The van der Waals surface area contributed by atoms with E-state index < -0.39 is 5.91 Å². The van der Waals surface area contributed by atoms with Gasteiger partial charge in [-0.3, -0.25) is 4.79 Å². The van der Waals surface area contributed by atoms with Gasteiger partial charge in [0.05, 0.1) is 0 Å². The number of carbonyl (C=O) groups is 1. The molecule has 0 saturated heterocycles. The highest BCUT2D eigenvalue weighted by Gasteiger charge is 2.29. The summed E-state index contributed by atoms with van der Waals surface area (Å²) in [6.45, 7) is 4.04. The molecule has 25 heavy (non-hydrogen) atoms. The lowest BCUT2D eigenvalue weighted by Gasteiger charge is -2.16. The lowest BCUT2D eigenvalue weighted by molar-refractivity contribution is -0.112. The number of phenolic OH excluding ortho intramolecular Hbond substituents is 1. The largest absolute Gasteiger partial charge is 0.508 e. The fourth-order valence-electron chi connectivity index (χ4n) is 2.78. The number of hydrogen-bond donors (Lipinski definition) is 2. The Bertz CT molecular complexity index is 890. The Morgan fingerprint density at radius 1 is 1.28 bits per heavy atom. The van der Waals surface area contributed by atoms with E-state index in [0.29, 0.717) is 5.69 Å². The Morgan fingerprint density at radius 2 is 2.00 bits per heavy atom. The van der Waals surface area contributed by atoms with Crippen molar-refractivity contribution >= 4 is 17.7 Å². The van der Waals surface area contributed by atoms with Gasteiger partial charge < -0.3 is 15.2 Å². The molecule has 0 radical (unpaired) electrons. The molecule has 1 aliphatic rings. The van der Waals surface area contributed by atoms with Crippen LogP contribution in [-0.2, 0) is 11.2 Å². The van der Waals surface area contributed by atoms with Crippen molar-refractivity contribution in [2.24, 2.45) is 0 Å². The van der Waals surface area contributed by atoms with Crippen LogP contribution < -0.4 is 10.1 Å². The van der Waals surface area contributed by atoms with Gasteiger partial charge >= 0.3 is 0 Å². The number of aromatic hydroxyl groups is 1. The van der Waals surface area contributed by atoms with E-state index >= 15 is 0 Å². The fourth-order valence-corrected chi connectivity index (χ4v) is 2.78. The number of fused-ring (bicyclic) bond motifs is 1. The van der Waals surface area contributed by atoms with Gasteiger partial charge in [-0.15, -0.1) is 0 Å². The van der Waals surface area contributed by atoms with Gasteiger partial charge in [0.2, 0.25) is 0 Å². The number of nitrogens with one attached hydrogen (secondary N) is 1. The lowest BCUT2D eigenvalue weighted by atomic mass is 9.99. The second-order valence-electron chi connectivity index (χ2n) is 6.58. The van der Waals surface area contributed by atoms with Crippen LogP contribution >= 0.6 is 0 Å². The second kappa shape index (κ2) is 6.33. The summed E-state index contributed by atoms with van der Waals surface area (Å²) in [6.07, 6.45) is 2.34. The van der Waals surface area contributed by atoms with E-state index in [1.807, 2.05) is 38.1 Å². The SMILES string of the molecule is CC1(C)Cc2cc(/C=C(\C#N)C(=O)Nc3ccc(O)cc3)ccc2O1. The van der Waals surface area contributed by atoms with Crippen molar-refractivity contribution < 1.29 is 14.6 Å². The molecule has 2 aromatic carbocycles. The number of anilines is 1. The molecule has 0 spiro atoms. The normalized spacial score (nSPS) is 15.0. The molecule has 2 aromatic rings. The molecule has 5 heteroatoms. The molecular formula is C20H18N2O3. The zero-order valence-electron chi connectivity index (χ0n) is 14.0. The highest BCUT2D eigenvalue weighted by molar-refractivity contribution is 6.09. The Morgan fingerprint density at radius 3 is 2.68 bits per heavy atom. The Hall–Kier alpha value is -3.26. The number of ether oxygens (including phenoxy) is 1. The molecule has 1 amide bonds. The zero-order valence-corrected chi connectivity index (χ0v) is 14.0. The summed E-state index contributed by atoms with van der Waals surface area (Å²) in [5, 5.41) is 21.2. The predicted molar refractivity (Wildman–Crippen MR) is 95.2 cm³/mol. The number of nitriles is 1. The highest BCUT2D eigenvalue weighted by atomic mass is 16.5. The molecule has 5 nitrogen and oxygen atoms in total. The molecule has 0 saturated carbocycles. The minimum absolute atomic E-state index is 0.00574. The molecule has 0 atom stereocenters. The van der Waals surface area contributed by atoms with Crippen LogP contribution in [0.25, 0.3) is 6.08 Å². The molecule has 2 N–H and O–H groups in total. The molecular weight excluding hydrogens is 316 g/mol. The third-order valence-electron chi connectivity index (χ3n) is 3.89. The Labute approximate surface area is 146 Å². The van der Waals surface area contributed by atoms with Crippen molar-refractivity contribution in [3.63, 3.8) is 0 Å². The lowest BCUT2D eigenvalue weighted by Crippen LogP contribution is -2.24. The van der Waals surface area contributed by atoms with Gasteiger partial charge in [-0.2, -0.15) is 5.26 Å². The summed E-state index contributed by atoms with van der Waals surface area (Å²) >= 11 is 0. The number of rotatable bonds is 3. The predicted octanol–water partition coefficient (Wildman–Crippen LogP) is 3.65. The Balaban J connectivity index is 1.80. The van der Waals surface area contributed by atoms with E-state index in [1.54, 1.807) is 18.2 Å². The minimum atomic E-state index is -0.495. The number of phenols is 1. The van der Waals surface area contributed by atoms with Crippen LogP contribution in [0.3, 0.4) is 0 Å². The molecule has 0 aliphatic carbocycles. The van der Waals surface area contributed by atoms with Crippen molar-refractivity contribution in [1.82, 2.24) is 0 Å². The van der Waals surface area contributed by atoms with Crippen molar-refractivity contribution in [1.29, 1.82) is 5.26 Å². The summed E-state index contributed by atoms with van der Waals surface area (Å²) in [5.41, 5.74) is 2.12. The van der Waals surface area contributed by atoms with Crippen LogP contribution in [0.4, 0.5) is 5.69 Å². The smallest absolute Gasteiger partial charge is 0.266 e. The quantitative estimate of drug-likeness (QED) is 0.510. The van der Waals surface area contributed by atoms with E-state index in [4.69, 9.17) is 4.74 Å². The molecule has 0 fully saturated rings. The van der Waals surface area contributed by atoms with Gasteiger partial charge in [0, 0.05) is 12.1 Å². The highest BCUT2D eigenvalue weighted by Crippen LogP contribution is 2.35. The van der Waals surface area contributed by atoms with Crippen molar-refractivity contribution in [2.75, 3.05) is 5.32 Å². The second-order valence-corrected chi connectivity index (χ2v) is 6.58. The maximum Gasteiger partial charge on any atom is 0.266 e. The molecule has 1 aliphatic heterocycles. The molecule has 126 valence electrons. The van der Waals surface area contributed by atoms with E-state index in [1.165, 1.54) is 12.1 Å². The number of nitrogens with zero attached hydrogens (tertiary/aromatic N) is 1. The van der Waals surface area contributed by atoms with Crippen LogP contribution in [0.5, 0.6) is 11.5 Å². The summed E-state index contributed by atoms with van der Waals surface area (Å²) in [7, 11) is 0. The zero-order chi connectivity index (χ0) is 18.0. The van der Waals surface area contributed by atoms with Crippen molar-refractivity contribution in [3.8, 4) is 17.6 Å². The topological polar surface area (TPSA) is 82.4 Å². The van der Waals surface area contributed by atoms with E-state index in [0.717, 1.165) is 23.3 Å². The number of carbonyl (C=O) groups excluding carboxylic acids is 1. The summed E-state index contributed by atoms with van der Waals surface area (Å²) in [6, 6.07) is 13.6. The van der Waals surface area contributed by atoms with E-state index in [2.05, 4.69) is 5.32 Å². The Kier molecular flexibility index (Phi) is 4.20. The maximum absolute atomic E-state index is 12.3. The van der Waals surface area contributed by atoms with Gasteiger partial charge in [-0.25, -0.2) is 0 Å². The first-order chi connectivity index (χ1) is 11.9. The summed E-state index contributed by atoms with van der Waals surface area (Å²) in [5.74, 6) is 0.455. The monoisotopic (exact) mass is 334 g/mol. The molecule has 0 bridgehead atoms. The minimum Gasteiger partial charge on any atom is -0.508 e. The third-order valence-corrected chi connectivity index (χ3v) is 3.89. The number of benzene rings is 2. The summed E-state index contributed by atoms with van der Waals surface area (Å²) in [4.78, 5) is 12.3. The van der Waals surface area contributed by atoms with Gasteiger partial charge in [0.25, 0.3) is 5.91 Å². The fraction of sp³-hybridized carbons (Fsp3) is 0.200. The van der Waals surface area contributed by atoms with Crippen molar-refractivity contribution in [3.05, 3.63) is 59.2 Å². The molecule has 1 heterocycles. The van der Waals surface area contributed by atoms with Crippen LogP contribution in [0.1, 0.15) is 25.0 Å². The number of hydrogen-bond acceptors (Lipinski definition) is 4. The van der Waals surface area contributed by atoms with Crippen molar-refractivity contribution in [2.45, 2.75) is 25.9 Å². The first kappa shape index (κ1) is 16.6. The van der Waals surface area contributed by atoms with Crippen LogP contribution in [0, 0.1) is 11.3 Å². The van der Waals surface area contributed by atoms with Gasteiger partial charge in [-0.1, -0.05) is 6.07 Å². The molecule has 0 aromatic heterocycles. The van der Waals surface area contributed by atoms with Crippen LogP contribution in [-0.4, -0.2) is 16.6 Å². The first-order valence-electron chi connectivity index (χ1n) is 7.90. The van der Waals surface area contributed by atoms with Gasteiger partial charge in [0.1, 0.15) is 28.7 Å². The maximum atomic E-state index is 12.3. The first-order valence-corrected chi connectivity index (χ1v) is 7.90. The average molecular weight is 334 g/mol. The third kappa shape index (κ3) is 3.81. The van der Waals surface area contributed by atoms with Crippen LogP contribution in [0.15, 0.2) is 48.0 Å².